The first-order valence-corrected chi connectivity index (χ1v) is 10.7. The van der Waals surface area contributed by atoms with E-state index in [-0.39, 0.29) is 22.9 Å². The van der Waals surface area contributed by atoms with Gasteiger partial charge >= 0.3 is 5.97 Å². The van der Waals surface area contributed by atoms with E-state index in [0.717, 1.165) is 19.4 Å². The molecule has 4 fully saturated rings. The largest absolute Gasteiger partial charge is 0.458 e. The molecular weight excluding hydrogens is 340 g/mol. The number of carbonyl (C=O) groups is 2. The van der Waals surface area contributed by atoms with Gasteiger partial charge in [-0.15, -0.1) is 0 Å². The van der Waals surface area contributed by atoms with E-state index in [1.165, 1.54) is 36.8 Å². The summed E-state index contributed by atoms with van der Waals surface area (Å²) in [4.78, 5) is 23.7. The van der Waals surface area contributed by atoms with Crippen molar-refractivity contribution in [3.8, 4) is 0 Å². The predicted octanol–water partition coefficient (Wildman–Crippen LogP) is 3.61. The fraction of sp³-hybridized carbons (Fsp3) is 0.739. The first-order valence-electron chi connectivity index (χ1n) is 10.7. The number of cyclic esters (lactones) is 1. The molecule has 7 atom stereocenters. The summed E-state index contributed by atoms with van der Waals surface area (Å²) < 4.78 is 11.5. The van der Waals surface area contributed by atoms with Crippen LogP contribution in [0.3, 0.4) is 0 Å². The fourth-order valence-corrected chi connectivity index (χ4v) is 8.24. The Morgan fingerprint density at radius 3 is 2.78 bits per heavy atom. The SMILES string of the molecule is C[C@]12CC[C@H]3[C@@H](CC4OC[C@@]35CCC(=O)C=C45)[C@@H]1CC[C@@H]2C1=CC(=O)OC1. The molecule has 1 unspecified atom stereocenters. The predicted molar refractivity (Wildman–Crippen MR) is 98.7 cm³/mol. The normalized spacial score (nSPS) is 50.5. The van der Waals surface area contributed by atoms with E-state index in [1.54, 1.807) is 6.08 Å². The molecule has 144 valence electrons. The van der Waals surface area contributed by atoms with Crippen LogP contribution in [0.15, 0.2) is 23.3 Å². The van der Waals surface area contributed by atoms with Crippen molar-refractivity contribution in [1.29, 1.82) is 0 Å². The lowest BCUT2D eigenvalue weighted by Gasteiger charge is -2.57. The fourth-order valence-electron chi connectivity index (χ4n) is 8.24. The lowest BCUT2D eigenvalue weighted by Crippen LogP contribution is -2.52. The molecule has 0 aromatic heterocycles. The van der Waals surface area contributed by atoms with Crippen LogP contribution >= 0.6 is 0 Å². The Hall–Kier alpha value is -1.42. The van der Waals surface area contributed by atoms with Crippen molar-refractivity contribution < 1.29 is 19.1 Å². The van der Waals surface area contributed by atoms with Crippen molar-refractivity contribution in [2.75, 3.05) is 13.2 Å². The molecule has 27 heavy (non-hydrogen) atoms. The van der Waals surface area contributed by atoms with Gasteiger partial charge in [0.25, 0.3) is 0 Å². The first-order chi connectivity index (χ1) is 13.0. The number of ketones is 1. The molecule has 0 N–H and O–H groups in total. The highest BCUT2D eigenvalue weighted by atomic mass is 16.5. The first kappa shape index (κ1) is 16.5. The standard InChI is InChI=1S/C23H28O4/c1-22-6-5-18-15(17(22)3-2-16(22)13-8-21(25)26-11-13)10-20-19-9-14(24)4-7-23(18,19)12-27-20/h8-9,15-18,20H,2-7,10-12H2,1H3/t15-,16+,17-,18-,20?,22+,23-/m0/s1. The Kier molecular flexibility index (Phi) is 3.27. The summed E-state index contributed by atoms with van der Waals surface area (Å²) in [5, 5.41) is 0. The van der Waals surface area contributed by atoms with Gasteiger partial charge in [-0.2, -0.15) is 0 Å². The average Bonchev–Trinajstić information content (AvgIpc) is 3.29. The van der Waals surface area contributed by atoms with Gasteiger partial charge < -0.3 is 9.47 Å². The molecule has 6 aliphatic rings. The van der Waals surface area contributed by atoms with E-state index in [4.69, 9.17) is 9.47 Å². The summed E-state index contributed by atoms with van der Waals surface area (Å²) in [5.41, 5.74) is 3.01. The van der Waals surface area contributed by atoms with Gasteiger partial charge in [0, 0.05) is 17.9 Å². The van der Waals surface area contributed by atoms with Crippen molar-refractivity contribution in [1.82, 2.24) is 0 Å². The monoisotopic (exact) mass is 368 g/mol. The Balaban J connectivity index is 1.35. The minimum absolute atomic E-state index is 0.145. The molecule has 0 aromatic carbocycles. The highest BCUT2D eigenvalue weighted by Crippen LogP contribution is 2.69. The molecule has 0 amide bonds. The van der Waals surface area contributed by atoms with E-state index in [9.17, 15) is 9.59 Å². The van der Waals surface area contributed by atoms with Gasteiger partial charge in [0.2, 0.25) is 0 Å². The second-order valence-corrected chi connectivity index (χ2v) is 10.1. The van der Waals surface area contributed by atoms with Crippen molar-refractivity contribution in [3.63, 3.8) is 0 Å². The molecule has 4 nitrogen and oxygen atoms in total. The molecule has 2 bridgehead atoms. The van der Waals surface area contributed by atoms with Crippen molar-refractivity contribution >= 4 is 11.8 Å². The quantitative estimate of drug-likeness (QED) is 0.664. The number of esters is 1. The summed E-state index contributed by atoms with van der Waals surface area (Å²) in [6, 6.07) is 0. The van der Waals surface area contributed by atoms with Crippen molar-refractivity contribution in [2.24, 2.45) is 34.5 Å². The zero-order valence-corrected chi connectivity index (χ0v) is 16.0. The smallest absolute Gasteiger partial charge is 0.331 e. The maximum Gasteiger partial charge on any atom is 0.331 e. The number of fused-ring (bicyclic) bond motifs is 3. The third-order valence-electron chi connectivity index (χ3n) is 9.36. The number of hydrogen-bond donors (Lipinski definition) is 0. The Morgan fingerprint density at radius 1 is 1.07 bits per heavy atom. The lowest BCUT2D eigenvalue weighted by atomic mass is 9.46. The van der Waals surface area contributed by atoms with Crippen LogP contribution in [-0.4, -0.2) is 31.1 Å². The summed E-state index contributed by atoms with van der Waals surface area (Å²) in [6.07, 6.45) is 11.6. The van der Waals surface area contributed by atoms with Gasteiger partial charge in [0.1, 0.15) is 6.61 Å². The second-order valence-electron chi connectivity index (χ2n) is 10.1. The number of rotatable bonds is 1. The van der Waals surface area contributed by atoms with E-state index in [1.807, 2.05) is 6.08 Å². The van der Waals surface area contributed by atoms with E-state index >= 15 is 0 Å². The Bertz CT molecular complexity index is 794. The lowest BCUT2D eigenvalue weighted by molar-refractivity contribution is -0.135. The molecule has 4 aliphatic carbocycles. The molecule has 3 saturated carbocycles. The van der Waals surface area contributed by atoms with Crippen LogP contribution in [0.1, 0.15) is 51.9 Å². The number of ether oxygens (including phenoxy) is 2. The van der Waals surface area contributed by atoms with Crippen LogP contribution in [0.2, 0.25) is 0 Å². The number of carbonyl (C=O) groups excluding carboxylic acids is 2. The summed E-state index contributed by atoms with van der Waals surface area (Å²) >= 11 is 0. The van der Waals surface area contributed by atoms with Crippen LogP contribution in [0, 0.1) is 34.5 Å². The van der Waals surface area contributed by atoms with Crippen LogP contribution in [0.4, 0.5) is 0 Å². The van der Waals surface area contributed by atoms with Crippen LogP contribution < -0.4 is 0 Å². The molecule has 6 rings (SSSR count). The molecule has 1 saturated heterocycles. The van der Waals surface area contributed by atoms with Gasteiger partial charge in [0.15, 0.2) is 5.78 Å². The molecule has 0 radical (unpaired) electrons. The Labute approximate surface area is 160 Å². The van der Waals surface area contributed by atoms with E-state index in [2.05, 4.69) is 6.92 Å². The molecule has 2 heterocycles. The van der Waals surface area contributed by atoms with E-state index in [0.29, 0.717) is 42.5 Å². The molecule has 4 heteroatoms. The minimum atomic E-state index is -0.157. The summed E-state index contributed by atoms with van der Waals surface area (Å²) in [7, 11) is 0. The van der Waals surface area contributed by atoms with Crippen LogP contribution in [0.25, 0.3) is 0 Å². The third kappa shape index (κ3) is 2.03. The minimum Gasteiger partial charge on any atom is -0.458 e. The third-order valence-corrected chi connectivity index (χ3v) is 9.36. The maximum atomic E-state index is 12.1. The van der Waals surface area contributed by atoms with Gasteiger partial charge in [-0.05, 0) is 84.8 Å². The van der Waals surface area contributed by atoms with Gasteiger partial charge in [0.05, 0.1) is 12.7 Å². The average molecular weight is 368 g/mol. The summed E-state index contributed by atoms with van der Waals surface area (Å²) in [5.74, 6) is 2.71. The molecule has 0 spiro atoms. The van der Waals surface area contributed by atoms with Gasteiger partial charge in [-0.3, -0.25) is 4.79 Å². The molecule has 2 aliphatic heterocycles. The van der Waals surface area contributed by atoms with Crippen molar-refractivity contribution in [3.05, 3.63) is 23.3 Å². The topological polar surface area (TPSA) is 52.6 Å². The van der Waals surface area contributed by atoms with Crippen molar-refractivity contribution in [2.45, 2.75) is 58.0 Å². The second kappa shape index (κ2) is 5.34. The van der Waals surface area contributed by atoms with E-state index < -0.39 is 0 Å². The zero-order valence-electron chi connectivity index (χ0n) is 16.0. The Morgan fingerprint density at radius 2 is 1.96 bits per heavy atom. The van der Waals surface area contributed by atoms with Gasteiger partial charge in [-0.25, -0.2) is 4.79 Å². The highest BCUT2D eigenvalue weighted by Gasteiger charge is 2.64. The summed E-state index contributed by atoms with van der Waals surface area (Å²) in [6.45, 7) is 3.81. The van der Waals surface area contributed by atoms with Crippen LogP contribution in [-0.2, 0) is 19.1 Å². The maximum absolute atomic E-state index is 12.1. The molecule has 0 aromatic rings. The molecular formula is C23H28O4. The van der Waals surface area contributed by atoms with Gasteiger partial charge in [-0.1, -0.05) is 6.92 Å². The number of hydrogen-bond acceptors (Lipinski definition) is 4. The van der Waals surface area contributed by atoms with Crippen LogP contribution in [0.5, 0.6) is 0 Å². The highest BCUT2D eigenvalue weighted by molar-refractivity contribution is 5.92. The zero-order chi connectivity index (χ0) is 18.4.